The molecule has 0 radical (unpaired) electrons. The highest BCUT2D eigenvalue weighted by atomic mass is 19.1. The fourth-order valence-electron chi connectivity index (χ4n) is 3.07. The maximum Gasteiger partial charge on any atom is 0.297 e. The molecule has 0 aliphatic rings. The number of benzene rings is 4. The van der Waals surface area contributed by atoms with Crippen molar-refractivity contribution in [1.29, 1.82) is 0 Å². The molecule has 126 valence electrons. The summed E-state index contributed by atoms with van der Waals surface area (Å²) in [6.45, 7) is 0. The molecule has 0 unspecified atom stereocenters. The van der Waals surface area contributed by atoms with E-state index in [4.69, 9.17) is 0 Å². The van der Waals surface area contributed by atoms with Crippen LogP contribution in [0.4, 0.5) is 15.8 Å². The van der Waals surface area contributed by atoms with Crippen molar-refractivity contribution in [3.8, 4) is 0 Å². The Hall–Kier alpha value is -3.60. The maximum atomic E-state index is 13.3. The van der Waals surface area contributed by atoms with Gasteiger partial charge in [0, 0.05) is 11.8 Å². The Morgan fingerprint density at radius 2 is 1.50 bits per heavy atom. The zero-order valence-corrected chi connectivity index (χ0v) is 13.6. The van der Waals surface area contributed by atoms with Crippen LogP contribution in [0.25, 0.3) is 21.5 Å². The van der Waals surface area contributed by atoms with Gasteiger partial charge in [-0.3, -0.25) is 10.1 Å². The van der Waals surface area contributed by atoms with Crippen LogP contribution in [0.5, 0.6) is 0 Å². The highest BCUT2D eigenvalue weighted by molar-refractivity contribution is 6.13. The predicted octanol–water partition coefficient (Wildman–Crippen LogP) is 5.79. The van der Waals surface area contributed by atoms with E-state index in [1.54, 1.807) is 6.21 Å². The van der Waals surface area contributed by atoms with Gasteiger partial charge in [0.05, 0.1) is 11.0 Å². The lowest BCUT2D eigenvalue weighted by Crippen LogP contribution is -1.91. The van der Waals surface area contributed by atoms with Crippen molar-refractivity contribution >= 4 is 39.1 Å². The lowest BCUT2D eigenvalue weighted by atomic mass is 9.97. The Labute approximate surface area is 148 Å². The smallest absolute Gasteiger partial charge is 0.258 e. The third kappa shape index (κ3) is 2.80. The predicted molar refractivity (Wildman–Crippen MR) is 102 cm³/mol. The van der Waals surface area contributed by atoms with Crippen LogP contribution in [0.1, 0.15) is 5.56 Å². The van der Waals surface area contributed by atoms with Gasteiger partial charge in [-0.2, -0.15) is 0 Å². The van der Waals surface area contributed by atoms with E-state index < -0.39 is 10.7 Å². The normalized spacial score (nSPS) is 11.4. The first kappa shape index (κ1) is 15.9. The van der Waals surface area contributed by atoms with E-state index >= 15 is 0 Å². The number of nitro benzene ring substituents is 1. The van der Waals surface area contributed by atoms with Crippen LogP contribution in [-0.4, -0.2) is 11.1 Å². The number of fused-ring (bicyclic) bond motifs is 2. The van der Waals surface area contributed by atoms with Crippen molar-refractivity contribution in [1.82, 2.24) is 0 Å². The molecule has 0 aliphatic carbocycles. The Bertz CT molecular complexity index is 1130. The fraction of sp³-hybridized carbons (Fsp3) is 0. The number of nitro groups is 1. The molecule has 0 saturated heterocycles. The Morgan fingerprint density at radius 1 is 0.885 bits per heavy atom. The lowest BCUT2D eigenvalue weighted by molar-refractivity contribution is -0.384. The second kappa shape index (κ2) is 6.37. The lowest BCUT2D eigenvalue weighted by Gasteiger charge is -2.08. The van der Waals surface area contributed by atoms with E-state index in [1.165, 1.54) is 12.1 Å². The number of hydrogen-bond acceptors (Lipinski definition) is 3. The molecule has 0 amide bonds. The second-order valence-electron chi connectivity index (χ2n) is 5.88. The third-order valence-electron chi connectivity index (χ3n) is 4.28. The quantitative estimate of drug-likeness (QED) is 0.204. The molecule has 0 N–H and O–H groups in total. The molecule has 0 aromatic heterocycles. The molecule has 4 nitrogen and oxygen atoms in total. The van der Waals surface area contributed by atoms with Crippen LogP contribution in [0, 0.1) is 15.9 Å². The summed E-state index contributed by atoms with van der Waals surface area (Å²) < 4.78 is 13.3. The van der Waals surface area contributed by atoms with Crippen LogP contribution < -0.4 is 0 Å². The largest absolute Gasteiger partial charge is 0.297 e. The molecular weight excluding hydrogens is 331 g/mol. The van der Waals surface area contributed by atoms with Gasteiger partial charge < -0.3 is 0 Å². The molecule has 0 saturated carbocycles. The van der Waals surface area contributed by atoms with Crippen LogP contribution in [-0.2, 0) is 0 Å². The van der Waals surface area contributed by atoms with Gasteiger partial charge in [-0.15, -0.1) is 0 Å². The molecule has 0 aliphatic heterocycles. The summed E-state index contributed by atoms with van der Waals surface area (Å²) in [5, 5.41) is 15.3. The minimum Gasteiger partial charge on any atom is -0.258 e. The molecule has 0 bridgehead atoms. The van der Waals surface area contributed by atoms with Gasteiger partial charge in [-0.1, -0.05) is 48.5 Å². The molecule has 0 fully saturated rings. The summed E-state index contributed by atoms with van der Waals surface area (Å²) >= 11 is 0. The second-order valence-corrected chi connectivity index (χ2v) is 5.88. The molecule has 0 heterocycles. The highest BCUT2D eigenvalue weighted by Gasteiger charge is 2.14. The first-order valence-corrected chi connectivity index (χ1v) is 8.02. The summed E-state index contributed by atoms with van der Waals surface area (Å²) in [6, 6.07) is 21.3. The molecule has 0 atom stereocenters. The number of rotatable bonds is 3. The van der Waals surface area contributed by atoms with E-state index in [2.05, 4.69) is 11.1 Å². The standard InChI is InChI=1S/C21H13FN2O2/c22-16-9-10-20(21(12-16)24(25)26)23-13-19-17-7-3-1-5-14(17)11-15-6-2-4-8-18(15)19/h1-13H. The fourth-order valence-corrected chi connectivity index (χ4v) is 3.07. The molecule has 4 rings (SSSR count). The minimum absolute atomic E-state index is 0.119. The van der Waals surface area contributed by atoms with E-state index in [1.807, 2.05) is 48.5 Å². The van der Waals surface area contributed by atoms with Gasteiger partial charge in [-0.25, -0.2) is 9.38 Å². The summed E-state index contributed by atoms with van der Waals surface area (Å²) in [6.07, 6.45) is 1.62. The molecule has 26 heavy (non-hydrogen) atoms. The summed E-state index contributed by atoms with van der Waals surface area (Å²) in [5.41, 5.74) is 0.636. The average Bonchev–Trinajstić information content (AvgIpc) is 2.65. The highest BCUT2D eigenvalue weighted by Crippen LogP contribution is 2.30. The van der Waals surface area contributed by atoms with Crippen molar-refractivity contribution in [3.05, 3.63) is 94.3 Å². The van der Waals surface area contributed by atoms with Gasteiger partial charge in [0.1, 0.15) is 11.5 Å². The van der Waals surface area contributed by atoms with E-state index in [0.717, 1.165) is 33.2 Å². The van der Waals surface area contributed by atoms with Gasteiger partial charge in [0.25, 0.3) is 5.69 Å². The SMILES string of the molecule is O=[N+]([O-])c1cc(F)ccc1N=Cc1c2ccccc2cc2ccccc12. The first-order chi connectivity index (χ1) is 12.6. The Kier molecular flexibility index (Phi) is 3.89. The minimum atomic E-state index is -0.661. The number of hydrogen-bond donors (Lipinski definition) is 0. The van der Waals surface area contributed by atoms with E-state index in [9.17, 15) is 14.5 Å². The zero-order valence-electron chi connectivity index (χ0n) is 13.6. The van der Waals surface area contributed by atoms with E-state index in [-0.39, 0.29) is 11.4 Å². The van der Waals surface area contributed by atoms with Crippen LogP contribution in [0.3, 0.4) is 0 Å². The van der Waals surface area contributed by atoms with Crippen molar-refractivity contribution in [3.63, 3.8) is 0 Å². The monoisotopic (exact) mass is 344 g/mol. The molecule has 4 aromatic carbocycles. The number of aliphatic imine (C=N–C) groups is 1. The molecular formula is C21H13FN2O2. The summed E-state index contributed by atoms with van der Waals surface area (Å²) in [4.78, 5) is 14.9. The Balaban J connectivity index is 1.94. The van der Waals surface area contributed by atoms with Gasteiger partial charge >= 0.3 is 0 Å². The topological polar surface area (TPSA) is 55.5 Å². The van der Waals surface area contributed by atoms with Gasteiger partial charge in [0.2, 0.25) is 0 Å². The van der Waals surface area contributed by atoms with Crippen molar-refractivity contribution < 1.29 is 9.31 Å². The Morgan fingerprint density at radius 3 is 2.12 bits per heavy atom. The van der Waals surface area contributed by atoms with Crippen LogP contribution in [0.2, 0.25) is 0 Å². The van der Waals surface area contributed by atoms with Crippen LogP contribution >= 0.6 is 0 Å². The molecule has 4 aromatic rings. The summed E-state index contributed by atoms with van der Waals surface area (Å²) in [5.74, 6) is -0.661. The molecule has 0 spiro atoms. The first-order valence-electron chi connectivity index (χ1n) is 8.02. The summed E-state index contributed by atoms with van der Waals surface area (Å²) in [7, 11) is 0. The van der Waals surface area contributed by atoms with E-state index in [0.29, 0.717) is 0 Å². The zero-order chi connectivity index (χ0) is 18.1. The van der Waals surface area contributed by atoms with Crippen molar-refractivity contribution in [2.24, 2.45) is 4.99 Å². The van der Waals surface area contributed by atoms with Crippen LogP contribution in [0.15, 0.2) is 77.8 Å². The van der Waals surface area contributed by atoms with Crippen molar-refractivity contribution in [2.45, 2.75) is 0 Å². The number of halogens is 1. The maximum absolute atomic E-state index is 13.3. The average molecular weight is 344 g/mol. The van der Waals surface area contributed by atoms with Gasteiger partial charge in [0.15, 0.2) is 0 Å². The van der Waals surface area contributed by atoms with Gasteiger partial charge in [-0.05, 0) is 39.7 Å². The third-order valence-corrected chi connectivity index (χ3v) is 4.28. The van der Waals surface area contributed by atoms with Crippen molar-refractivity contribution in [2.75, 3.05) is 0 Å². The molecule has 5 heteroatoms. The number of nitrogens with zero attached hydrogens (tertiary/aromatic N) is 2.